The number of carbonyl (C=O) groups excluding carboxylic acids is 1. The number of aryl methyl sites for hydroxylation is 3. The van der Waals surface area contributed by atoms with E-state index in [1.165, 1.54) is 0 Å². The van der Waals surface area contributed by atoms with Gasteiger partial charge >= 0.3 is 0 Å². The molecule has 0 radical (unpaired) electrons. The number of benzene rings is 2. The van der Waals surface area contributed by atoms with Crippen LogP contribution in [0.4, 0.5) is 5.69 Å². The Balaban J connectivity index is 1.89. The van der Waals surface area contributed by atoms with E-state index < -0.39 is 10.0 Å². The highest BCUT2D eigenvalue weighted by Gasteiger charge is 2.20. The molecule has 7 heteroatoms. The number of carbonyl (C=O) groups is 1. The van der Waals surface area contributed by atoms with Gasteiger partial charge in [0.2, 0.25) is 15.9 Å². The average molecular weight is 391 g/mol. The largest absolute Gasteiger partial charge is 0.491 e. The Morgan fingerprint density at radius 2 is 1.67 bits per heavy atom. The van der Waals surface area contributed by atoms with Crippen LogP contribution in [-0.2, 0) is 14.8 Å². The van der Waals surface area contributed by atoms with Crippen LogP contribution in [0, 0.1) is 20.8 Å². The number of hydrogen-bond acceptors (Lipinski definition) is 4. The molecule has 0 saturated heterocycles. The lowest BCUT2D eigenvalue weighted by atomic mass is 10.1. The summed E-state index contributed by atoms with van der Waals surface area (Å²) < 4.78 is 30.9. The monoisotopic (exact) mass is 390 g/mol. The summed E-state index contributed by atoms with van der Waals surface area (Å²) in [6.45, 7) is 6.21. The second kappa shape index (κ2) is 8.90. The highest BCUT2D eigenvalue weighted by molar-refractivity contribution is 7.92. The van der Waals surface area contributed by atoms with Crippen molar-refractivity contribution in [3.05, 3.63) is 59.2 Å². The fraction of sp³-hybridized carbons (Fsp3) is 0.350. The van der Waals surface area contributed by atoms with E-state index in [1.54, 1.807) is 12.1 Å². The standard InChI is InChI=1S/C20H26N2O4S/c1-15-5-8-18(9-6-15)22(27(4,24)25)14-20(23)21-11-12-26-19-10-7-16(2)13-17(19)3/h5-10,13H,11-12,14H2,1-4H3,(H,21,23). The summed E-state index contributed by atoms with van der Waals surface area (Å²) >= 11 is 0. The minimum atomic E-state index is -3.57. The van der Waals surface area contributed by atoms with Crippen molar-refractivity contribution in [1.82, 2.24) is 5.32 Å². The summed E-state index contributed by atoms with van der Waals surface area (Å²) in [4.78, 5) is 12.2. The minimum absolute atomic E-state index is 0.272. The van der Waals surface area contributed by atoms with Crippen LogP contribution in [0.5, 0.6) is 5.75 Å². The number of nitrogens with zero attached hydrogens (tertiary/aromatic N) is 1. The van der Waals surface area contributed by atoms with Crippen LogP contribution in [0.2, 0.25) is 0 Å². The van der Waals surface area contributed by atoms with Crippen LogP contribution >= 0.6 is 0 Å². The van der Waals surface area contributed by atoms with Crippen LogP contribution in [0.1, 0.15) is 16.7 Å². The number of amides is 1. The van der Waals surface area contributed by atoms with Crippen LogP contribution < -0.4 is 14.4 Å². The zero-order valence-corrected chi connectivity index (χ0v) is 17.0. The van der Waals surface area contributed by atoms with Crippen molar-refractivity contribution in [3.8, 4) is 5.75 Å². The van der Waals surface area contributed by atoms with Crippen LogP contribution in [0.3, 0.4) is 0 Å². The molecule has 0 aliphatic carbocycles. The van der Waals surface area contributed by atoms with E-state index >= 15 is 0 Å². The number of anilines is 1. The lowest BCUT2D eigenvalue weighted by Crippen LogP contribution is -2.41. The summed E-state index contributed by atoms with van der Waals surface area (Å²) in [7, 11) is -3.57. The van der Waals surface area contributed by atoms with Gasteiger partial charge in [0.25, 0.3) is 0 Å². The van der Waals surface area contributed by atoms with Crippen molar-refractivity contribution in [2.24, 2.45) is 0 Å². The molecule has 0 bridgehead atoms. The molecule has 0 unspecified atom stereocenters. The summed E-state index contributed by atoms with van der Waals surface area (Å²) in [5.41, 5.74) is 3.67. The zero-order valence-electron chi connectivity index (χ0n) is 16.2. The fourth-order valence-corrected chi connectivity index (χ4v) is 3.47. The highest BCUT2D eigenvalue weighted by atomic mass is 32.2. The predicted molar refractivity (Wildman–Crippen MR) is 108 cm³/mol. The second-order valence-corrected chi connectivity index (χ2v) is 8.48. The second-order valence-electron chi connectivity index (χ2n) is 6.57. The maximum absolute atomic E-state index is 12.2. The van der Waals surface area contributed by atoms with Crippen molar-refractivity contribution in [2.75, 3.05) is 30.3 Å². The SMILES string of the molecule is Cc1ccc(N(CC(=O)NCCOc2ccc(C)cc2C)S(C)(=O)=O)cc1. The van der Waals surface area contributed by atoms with Gasteiger partial charge in [-0.3, -0.25) is 9.10 Å². The normalized spacial score (nSPS) is 11.1. The lowest BCUT2D eigenvalue weighted by Gasteiger charge is -2.22. The van der Waals surface area contributed by atoms with Crippen LogP contribution in [0.15, 0.2) is 42.5 Å². The van der Waals surface area contributed by atoms with Gasteiger partial charge in [0.05, 0.1) is 18.5 Å². The van der Waals surface area contributed by atoms with Crippen molar-refractivity contribution in [3.63, 3.8) is 0 Å². The zero-order chi connectivity index (χ0) is 20.0. The van der Waals surface area contributed by atoms with Crippen molar-refractivity contribution in [1.29, 1.82) is 0 Å². The molecule has 0 atom stereocenters. The van der Waals surface area contributed by atoms with Crippen LogP contribution in [-0.4, -0.2) is 40.3 Å². The molecule has 0 aliphatic heterocycles. The molecule has 0 spiro atoms. The molecule has 2 aromatic rings. The van der Waals surface area contributed by atoms with E-state index in [9.17, 15) is 13.2 Å². The van der Waals surface area contributed by atoms with E-state index in [-0.39, 0.29) is 19.0 Å². The highest BCUT2D eigenvalue weighted by Crippen LogP contribution is 2.19. The van der Waals surface area contributed by atoms with Crippen molar-refractivity contribution >= 4 is 21.6 Å². The smallest absolute Gasteiger partial charge is 0.240 e. The summed E-state index contributed by atoms with van der Waals surface area (Å²) in [5, 5.41) is 2.70. The molecule has 0 fully saturated rings. The first-order valence-corrected chi connectivity index (χ1v) is 10.5. The summed E-state index contributed by atoms with van der Waals surface area (Å²) in [5.74, 6) is 0.387. The minimum Gasteiger partial charge on any atom is -0.491 e. The Morgan fingerprint density at radius 3 is 2.26 bits per heavy atom. The fourth-order valence-electron chi connectivity index (χ4n) is 2.61. The molecule has 2 aromatic carbocycles. The molecule has 1 amide bonds. The van der Waals surface area contributed by atoms with E-state index in [0.29, 0.717) is 12.3 Å². The van der Waals surface area contributed by atoms with Gasteiger partial charge in [-0.05, 0) is 44.5 Å². The Labute approximate surface area is 161 Å². The molecular formula is C20H26N2O4S. The number of sulfonamides is 1. The van der Waals surface area contributed by atoms with Gasteiger partial charge in [0.1, 0.15) is 18.9 Å². The Kier molecular flexibility index (Phi) is 6.85. The van der Waals surface area contributed by atoms with Gasteiger partial charge in [-0.15, -0.1) is 0 Å². The first-order chi connectivity index (χ1) is 12.7. The molecule has 6 nitrogen and oxygen atoms in total. The molecule has 1 N–H and O–H groups in total. The molecule has 27 heavy (non-hydrogen) atoms. The Hall–Kier alpha value is -2.54. The number of ether oxygens (including phenoxy) is 1. The lowest BCUT2D eigenvalue weighted by molar-refractivity contribution is -0.119. The maximum Gasteiger partial charge on any atom is 0.240 e. The topological polar surface area (TPSA) is 75.7 Å². The third kappa shape index (κ3) is 6.29. The molecule has 146 valence electrons. The number of nitrogens with one attached hydrogen (secondary N) is 1. The van der Waals surface area contributed by atoms with E-state index in [4.69, 9.17) is 4.74 Å². The Morgan fingerprint density at radius 1 is 1.04 bits per heavy atom. The third-order valence-corrected chi connectivity index (χ3v) is 5.16. The first-order valence-electron chi connectivity index (χ1n) is 8.68. The van der Waals surface area contributed by atoms with Gasteiger partial charge < -0.3 is 10.1 Å². The van der Waals surface area contributed by atoms with Crippen molar-refractivity contribution in [2.45, 2.75) is 20.8 Å². The summed E-state index contributed by atoms with van der Waals surface area (Å²) in [6.07, 6.45) is 1.09. The van der Waals surface area contributed by atoms with Gasteiger partial charge in [-0.2, -0.15) is 0 Å². The van der Waals surface area contributed by atoms with E-state index in [1.807, 2.05) is 51.1 Å². The van der Waals surface area contributed by atoms with Gasteiger partial charge in [-0.25, -0.2) is 8.42 Å². The first kappa shape index (κ1) is 20.8. The van der Waals surface area contributed by atoms with Crippen molar-refractivity contribution < 1.29 is 17.9 Å². The van der Waals surface area contributed by atoms with E-state index in [0.717, 1.165) is 33.0 Å². The number of hydrogen-bond donors (Lipinski definition) is 1. The van der Waals surface area contributed by atoms with E-state index in [2.05, 4.69) is 5.32 Å². The molecular weight excluding hydrogens is 364 g/mol. The average Bonchev–Trinajstić information content (AvgIpc) is 2.58. The van der Waals surface area contributed by atoms with Gasteiger partial charge in [0, 0.05) is 0 Å². The molecule has 0 heterocycles. The number of rotatable bonds is 8. The van der Waals surface area contributed by atoms with Gasteiger partial charge in [-0.1, -0.05) is 35.4 Å². The van der Waals surface area contributed by atoms with Crippen LogP contribution in [0.25, 0.3) is 0 Å². The predicted octanol–water partition coefficient (Wildman–Crippen LogP) is 2.57. The maximum atomic E-state index is 12.2. The molecule has 2 rings (SSSR count). The van der Waals surface area contributed by atoms with Gasteiger partial charge in [0.15, 0.2) is 0 Å². The molecule has 0 aliphatic rings. The third-order valence-electron chi connectivity index (χ3n) is 4.02. The Bertz CT molecular complexity index is 893. The quantitative estimate of drug-likeness (QED) is 0.703. The summed E-state index contributed by atoms with van der Waals surface area (Å²) in [6, 6.07) is 12.9. The molecule has 0 saturated carbocycles. The molecule has 0 aromatic heterocycles.